The Morgan fingerprint density at radius 1 is 1.03 bits per heavy atom. The quantitative estimate of drug-likeness (QED) is 0.803. The third-order valence-corrected chi connectivity index (χ3v) is 5.54. The van der Waals surface area contributed by atoms with Crippen molar-refractivity contribution in [2.24, 2.45) is 0 Å². The second kappa shape index (κ2) is 9.59. The Labute approximate surface area is 177 Å². The van der Waals surface area contributed by atoms with E-state index in [2.05, 4.69) is 34.5 Å². The molecule has 1 fully saturated rings. The van der Waals surface area contributed by atoms with Crippen LogP contribution in [0.1, 0.15) is 17.5 Å². The number of carbonyl (C=O) groups is 2. The minimum atomic E-state index is -0.00349. The molecule has 6 nitrogen and oxygen atoms in total. The first kappa shape index (κ1) is 20.2. The van der Waals surface area contributed by atoms with Gasteiger partial charge < -0.3 is 15.0 Å². The highest BCUT2D eigenvalue weighted by Gasteiger charge is 2.21. The highest BCUT2D eigenvalue weighted by atomic mass is 16.5. The van der Waals surface area contributed by atoms with E-state index >= 15 is 0 Å². The fourth-order valence-corrected chi connectivity index (χ4v) is 3.76. The SMILES string of the molecule is O=C1CCc2ccc(OCC(=O)N3CCN(CC=Cc4ccccc4)CC3)cc2N1. The molecule has 2 heterocycles. The summed E-state index contributed by atoms with van der Waals surface area (Å²) in [7, 11) is 0. The third kappa shape index (κ3) is 5.27. The highest BCUT2D eigenvalue weighted by molar-refractivity contribution is 5.94. The Morgan fingerprint density at radius 3 is 2.63 bits per heavy atom. The van der Waals surface area contributed by atoms with Crippen LogP contribution in [0.2, 0.25) is 0 Å². The van der Waals surface area contributed by atoms with Crippen molar-refractivity contribution < 1.29 is 14.3 Å². The lowest BCUT2D eigenvalue weighted by atomic mass is 10.0. The normalized spacial score (nSPS) is 16.9. The number of nitrogens with one attached hydrogen (secondary N) is 1. The Kier molecular flexibility index (Phi) is 6.44. The topological polar surface area (TPSA) is 61.9 Å². The van der Waals surface area contributed by atoms with E-state index in [1.165, 1.54) is 5.56 Å². The van der Waals surface area contributed by atoms with Gasteiger partial charge in [-0.05, 0) is 23.6 Å². The molecular formula is C24H27N3O3. The first-order valence-corrected chi connectivity index (χ1v) is 10.4. The summed E-state index contributed by atoms with van der Waals surface area (Å²) >= 11 is 0. The zero-order valence-electron chi connectivity index (χ0n) is 17.0. The van der Waals surface area contributed by atoms with Crippen LogP contribution in [-0.4, -0.2) is 60.9 Å². The van der Waals surface area contributed by atoms with E-state index in [1.54, 1.807) is 6.07 Å². The summed E-state index contributed by atoms with van der Waals surface area (Å²) in [5.74, 6) is 0.623. The first-order chi connectivity index (χ1) is 14.7. The second-order valence-electron chi connectivity index (χ2n) is 7.65. The lowest BCUT2D eigenvalue weighted by molar-refractivity contribution is -0.135. The highest BCUT2D eigenvalue weighted by Crippen LogP contribution is 2.27. The van der Waals surface area contributed by atoms with Gasteiger partial charge in [-0.15, -0.1) is 0 Å². The summed E-state index contributed by atoms with van der Waals surface area (Å²) < 4.78 is 5.70. The second-order valence-corrected chi connectivity index (χ2v) is 7.65. The van der Waals surface area contributed by atoms with Gasteiger partial charge >= 0.3 is 0 Å². The Hall–Kier alpha value is -3.12. The Balaban J connectivity index is 1.21. The third-order valence-electron chi connectivity index (χ3n) is 5.54. The van der Waals surface area contributed by atoms with E-state index in [1.807, 2.05) is 35.2 Å². The van der Waals surface area contributed by atoms with Crippen LogP contribution in [0.15, 0.2) is 54.6 Å². The monoisotopic (exact) mass is 405 g/mol. The van der Waals surface area contributed by atoms with E-state index in [-0.39, 0.29) is 18.4 Å². The number of benzene rings is 2. The zero-order chi connectivity index (χ0) is 20.8. The van der Waals surface area contributed by atoms with Crippen LogP contribution >= 0.6 is 0 Å². The number of fused-ring (bicyclic) bond motifs is 1. The average Bonchev–Trinajstić information content (AvgIpc) is 2.78. The molecule has 0 aliphatic carbocycles. The summed E-state index contributed by atoms with van der Waals surface area (Å²) in [6.45, 7) is 4.03. The van der Waals surface area contributed by atoms with Gasteiger partial charge in [0.05, 0.1) is 0 Å². The van der Waals surface area contributed by atoms with Crippen LogP contribution in [0, 0.1) is 0 Å². The summed E-state index contributed by atoms with van der Waals surface area (Å²) in [6.07, 6.45) is 5.56. The number of hydrogen-bond acceptors (Lipinski definition) is 4. The molecule has 0 spiro atoms. The number of ether oxygens (including phenoxy) is 1. The number of carbonyl (C=O) groups excluding carboxylic acids is 2. The van der Waals surface area contributed by atoms with E-state index in [0.29, 0.717) is 25.3 Å². The predicted octanol–water partition coefficient (Wildman–Crippen LogP) is 2.81. The van der Waals surface area contributed by atoms with E-state index in [4.69, 9.17) is 4.74 Å². The number of rotatable bonds is 6. The summed E-state index contributed by atoms with van der Waals surface area (Å²) in [5, 5.41) is 2.86. The molecule has 1 N–H and O–H groups in total. The molecular weight excluding hydrogens is 378 g/mol. The maximum absolute atomic E-state index is 12.5. The Morgan fingerprint density at radius 2 is 1.83 bits per heavy atom. The number of piperazine rings is 1. The summed E-state index contributed by atoms with van der Waals surface area (Å²) in [5.41, 5.74) is 3.09. The summed E-state index contributed by atoms with van der Waals surface area (Å²) in [6, 6.07) is 15.9. The van der Waals surface area contributed by atoms with Gasteiger partial charge in [-0.3, -0.25) is 14.5 Å². The van der Waals surface area contributed by atoms with Crippen molar-refractivity contribution in [1.82, 2.24) is 9.80 Å². The lowest BCUT2D eigenvalue weighted by Crippen LogP contribution is -2.49. The smallest absolute Gasteiger partial charge is 0.260 e. The molecule has 0 saturated carbocycles. The van der Waals surface area contributed by atoms with Gasteiger partial charge in [-0.1, -0.05) is 48.6 Å². The van der Waals surface area contributed by atoms with Gasteiger partial charge in [0.25, 0.3) is 5.91 Å². The van der Waals surface area contributed by atoms with Gasteiger partial charge in [0.15, 0.2) is 6.61 Å². The molecule has 2 aliphatic rings. The lowest BCUT2D eigenvalue weighted by Gasteiger charge is -2.34. The molecule has 2 amide bonds. The Bertz CT molecular complexity index is 919. The van der Waals surface area contributed by atoms with Crippen LogP contribution in [0.25, 0.3) is 6.08 Å². The van der Waals surface area contributed by atoms with Crippen molar-refractivity contribution in [3.05, 3.63) is 65.7 Å². The number of hydrogen-bond donors (Lipinski definition) is 1. The van der Waals surface area contributed by atoms with Gasteiger partial charge in [-0.2, -0.15) is 0 Å². The molecule has 0 bridgehead atoms. The molecule has 2 aromatic carbocycles. The molecule has 1 saturated heterocycles. The molecule has 4 rings (SSSR count). The fourth-order valence-electron chi connectivity index (χ4n) is 3.76. The zero-order valence-corrected chi connectivity index (χ0v) is 17.0. The number of anilines is 1. The average molecular weight is 405 g/mol. The van der Waals surface area contributed by atoms with Gasteiger partial charge in [0.1, 0.15) is 5.75 Å². The van der Waals surface area contributed by atoms with Gasteiger partial charge in [-0.25, -0.2) is 0 Å². The molecule has 6 heteroatoms. The molecule has 0 radical (unpaired) electrons. The van der Waals surface area contributed by atoms with Crippen molar-refractivity contribution >= 4 is 23.6 Å². The van der Waals surface area contributed by atoms with Crippen LogP contribution < -0.4 is 10.1 Å². The molecule has 0 unspecified atom stereocenters. The molecule has 156 valence electrons. The van der Waals surface area contributed by atoms with Gasteiger partial charge in [0.2, 0.25) is 5.91 Å². The van der Waals surface area contributed by atoms with E-state index in [9.17, 15) is 9.59 Å². The number of amides is 2. The largest absolute Gasteiger partial charge is 0.484 e. The van der Waals surface area contributed by atoms with Crippen LogP contribution in [0.4, 0.5) is 5.69 Å². The van der Waals surface area contributed by atoms with Crippen LogP contribution in [0.5, 0.6) is 5.75 Å². The van der Waals surface area contributed by atoms with Crippen LogP contribution in [0.3, 0.4) is 0 Å². The number of aryl methyl sites for hydroxylation is 1. The van der Waals surface area contributed by atoms with Crippen molar-refractivity contribution in [2.75, 3.05) is 44.6 Å². The number of nitrogens with zero attached hydrogens (tertiary/aromatic N) is 2. The van der Waals surface area contributed by atoms with E-state index in [0.717, 1.165) is 37.3 Å². The maximum atomic E-state index is 12.5. The van der Waals surface area contributed by atoms with Crippen molar-refractivity contribution in [1.29, 1.82) is 0 Å². The predicted molar refractivity (Wildman–Crippen MR) is 117 cm³/mol. The van der Waals surface area contributed by atoms with Crippen molar-refractivity contribution in [3.8, 4) is 5.75 Å². The molecule has 0 atom stereocenters. The summed E-state index contributed by atoms with van der Waals surface area (Å²) in [4.78, 5) is 28.3. The van der Waals surface area contributed by atoms with Crippen molar-refractivity contribution in [3.63, 3.8) is 0 Å². The van der Waals surface area contributed by atoms with Crippen LogP contribution in [-0.2, 0) is 16.0 Å². The molecule has 0 aromatic heterocycles. The standard InChI is InChI=1S/C24H27N3O3/c28-23-11-9-20-8-10-21(17-22(20)25-23)30-18-24(29)27-15-13-26(14-16-27)12-4-7-19-5-2-1-3-6-19/h1-8,10,17H,9,11-16,18H2,(H,25,28). The molecule has 2 aromatic rings. The fraction of sp³-hybridized carbons (Fsp3) is 0.333. The van der Waals surface area contributed by atoms with E-state index < -0.39 is 0 Å². The van der Waals surface area contributed by atoms with Gasteiger partial charge in [0, 0.05) is 50.9 Å². The minimum absolute atomic E-state index is 0.00349. The molecule has 2 aliphatic heterocycles. The molecule has 30 heavy (non-hydrogen) atoms. The minimum Gasteiger partial charge on any atom is -0.484 e. The first-order valence-electron chi connectivity index (χ1n) is 10.4. The maximum Gasteiger partial charge on any atom is 0.260 e. The van der Waals surface area contributed by atoms with Crippen molar-refractivity contribution in [2.45, 2.75) is 12.8 Å².